The Bertz CT molecular complexity index is 319. The summed E-state index contributed by atoms with van der Waals surface area (Å²) in [6.07, 6.45) is 2.04. The molecule has 2 aliphatic heterocycles. The standard InChI is InChI=1S/C10H20N2O3S/c11-7-10-2-1-9(8-15-10)12-16(13)5-3-14-4-6-16/h9-10H,1-8,11H2. The molecule has 2 atom stereocenters. The number of nitrogens with two attached hydrogens (primary N) is 1. The van der Waals surface area contributed by atoms with Gasteiger partial charge in [0.1, 0.15) is 0 Å². The molecule has 5 nitrogen and oxygen atoms in total. The second-order valence-corrected chi connectivity index (χ2v) is 6.89. The Morgan fingerprint density at radius 2 is 2.06 bits per heavy atom. The molecule has 2 unspecified atom stereocenters. The van der Waals surface area contributed by atoms with Crippen LogP contribution < -0.4 is 5.73 Å². The van der Waals surface area contributed by atoms with Crippen LogP contribution in [0.15, 0.2) is 4.36 Å². The highest BCUT2D eigenvalue weighted by Crippen LogP contribution is 2.18. The molecule has 0 aromatic carbocycles. The molecule has 2 aliphatic rings. The van der Waals surface area contributed by atoms with E-state index in [1.807, 2.05) is 0 Å². The summed E-state index contributed by atoms with van der Waals surface area (Å²) in [4.78, 5) is 0. The summed E-state index contributed by atoms with van der Waals surface area (Å²) >= 11 is 0. The molecule has 2 N–H and O–H groups in total. The minimum Gasteiger partial charge on any atom is -0.379 e. The molecule has 2 heterocycles. The first-order valence-electron chi connectivity index (χ1n) is 5.83. The number of hydrogen-bond donors (Lipinski definition) is 1. The van der Waals surface area contributed by atoms with Crippen molar-refractivity contribution < 1.29 is 13.7 Å². The van der Waals surface area contributed by atoms with E-state index in [4.69, 9.17) is 15.2 Å². The van der Waals surface area contributed by atoms with Gasteiger partial charge in [0, 0.05) is 6.54 Å². The molecule has 94 valence electrons. The zero-order valence-corrected chi connectivity index (χ0v) is 10.3. The molecule has 0 radical (unpaired) electrons. The van der Waals surface area contributed by atoms with Crippen molar-refractivity contribution in [1.82, 2.24) is 0 Å². The van der Waals surface area contributed by atoms with Crippen LogP contribution in [0.2, 0.25) is 0 Å². The van der Waals surface area contributed by atoms with Gasteiger partial charge in [-0.05, 0) is 12.8 Å². The molecule has 16 heavy (non-hydrogen) atoms. The summed E-state index contributed by atoms with van der Waals surface area (Å²) < 4.78 is 27.5. The second-order valence-electron chi connectivity index (χ2n) is 4.32. The molecule has 0 spiro atoms. The molecule has 2 saturated heterocycles. The first-order valence-corrected chi connectivity index (χ1v) is 7.68. The number of ether oxygens (including phenoxy) is 2. The van der Waals surface area contributed by atoms with Crippen LogP contribution in [0.5, 0.6) is 0 Å². The molecule has 0 amide bonds. The Balaban J connectivity index is 1.94. The summed E-state index contributed by atoms with van der Waals surface area (Å²) in [6, 6.07) is 0.0911. The Labute approximate surface area is 96.9 Å². The van der Waals surface area contributed by atoms with E-state index in [1.54, 1.807) is 0 Å². The minimum atomic E-state index is -2.03. The van der Waals surface area contributed by atoms with Crippen molar-refractivity contribution in [3.63, 3.8) is 0 Å². The van der Waals surface area contributed by atoms with Crippen LogP contribution in [-0.4, -0.2) is 54.2 Å². The van der Waals surface area contributed by atoms with Crippen molar-refractivity contribution in [2.24, 2.45) is 10.1 Å². The van der Waals surface area contributed by atoms with E-state index < -0.39 is 9.73 Å². The predicted octanol–water partition coefficient (Wildman–Crippen LogP) is -0.00910. The molecular weight excluding hydrogens is 228 g/mol. The average molecular weight is 248 g/mol. The third-order valence-electron chi connectivity index (χ3n) is 3.04. The summed E-state index contributed by atoms with van der Waals surface area (Å²) in [7, 11) is -2.03. The monoisotopic (exact) mass is 248 g/mol. The SMILES string of the molecule is NCC1CCC(N=S2(=O)CCOCC2)CO1. The highest BCUT2D eigenvalue weighted by molar-refractivity contribution is 7.93. The van der Waals surface area contributed by atoms with Gasteiger partial charge in [0.2, 0.25) is 0 Å². The average Bonchev–Trinajstić information content (AvgIpc) is 2.30. The highest BCUT2D eigenvalue weighted by Gasteiger charge is 2.23. The van der Waals surface area contributed by atoms with Crippen LogP contribution in [0, 0.1) is 0 Å². The molecule has 0 aliphatic carbocycles. The van der Waals surface area contributed by atoms with E-state index in [1.165, 1.54) is 0 Å². The molecular formula is C10H20N2O3S. The maximum absolute atomic E-state index is 12.3. The predicted molar refractivity (Wildman–Crippen MR) is 62.9 cm³/mol. The lowest BCUT2D eigenvalue weighted by atomic mass is 10.1. The molecule has 2 fully saturated rings. The largest absolute Gasteiger partial charge is 0.379 e. The Morgan fingerprint density at radius 3 is 2.62 bits per heavy atom. The first kappa shape index (κ1) is 12.3. The van der Waals surface area contributed by atoms with Crippen LogP contribution in [0.4, 0.5) is 0 Å². The third kappa shape index (κ3) is 3.16. The smallest absolute Gasteiger partial charge is 0.0828 e. The van der Waals surface area contributed by atoms with E-state index in [9.17, 15) is 4.21 Å². The van der Waals surface area contributed by atoms with E-state index in [-0.39, 0.29) is 12.1 Å². The lowest BCUT2D eigenvalue weighted by molar-refractivity contribution is 0.0121. The molecule has 6 heteroatoms. The summed E-state index contributed by atoms with van der Waals surface area (Å²) in [5, 5.41) is 0. The van der Waals surface area contributed by atoms with Crippen LogP contribution in [-0.2, 0) is 19.2 Å². The van der Waals surface area contributed by atoms with Gasteiger partial charge < -0.3 is 15.2 Å². The minimum absolute atomic E-state index is 0.0911. The van der Waals surface area contributed by atoms with Crippen molar-refractivity contribution in [3.8, 4) is 0 Å². The quantitative estimate of drug-likeness (QED) is 0.746. The highest BCUT2D eigenvalue weighted by atomic mass is 32.2. The zero-order valence-electron chi connectivity index (χ0n) is 9.47. The summed E-state index contributed by atoms with van der Waals surface area (Å²) in [5.41, 5.74) is 5.53. The summed E-state index contributed by atoms with van der Waals surface area (Å²) in [5.74, 6) is 1.15. The maximum Gasteiger partial charge on any atom is 0.0828 e. The van der Waals surface area contributed by atoms with Gasteiger partial charge in [0.25, 0.3) is 0 Å². The van der Waals surface area contributed by atoms with Crippen molar-refractivity contribution in [2.75, 3.05) is 37.9 Å². The first-order chi connectivity index (χ1) is 7.72. The topological polar surface area (TPSA) is 73.9 Å². The molecule has 0 bridgehead atoms. The maximum atomic E-state index is 12.3. The van der Waals surface area contributed by atoms with Crippen molar-refractivity contribution >= 4 is 9.73 Å². The molecule has 0 aromatic heterocycles. The normalized spacial score (nSPS) is 34.6. The van der Waals surface area contributed by atoms with E-state index in [0.29, 0.717) is 37.9 Å². The molecule has 0 saturated carbocycles. The summed E-state index contributed by atoms with van der Waals surface area (Å²) in [6.45, 7) is 2.28. The Kier molecular flexibility index (Phi) is 4.18. The third-order valence-corrected chi connectivity index (χ3v) is 5.34. The van der Waals surface area contributed by atoms with Gasteiger partial charge in [-0.25, -0.2) is 8.57 Å². The van der Waals surface area contributed by atoms with E-state index in [0.717, 1.165) is 12.8 Å². The lowest BCUT2D eigenvalue weighted by Gasteiger charge is -2.27. The van der Waals surface area contributed by atoms with Crippen LogP contribution >= 0.6 is 0 Å². The molecule has 2 rings (SSSR count). The Morgan fingerprint density at radius 1 is 1.31 bits per heavy atom. The van der Waals surface area contributed by atoms with Gasteiger partial charge in [-0.1, -0.05) is 0 Å². The molecule has 0 aromatic rings. The fraction of sp³-hybridized carbons (Fsp3) is 1.00. The lowest BCUT2D eigenvalue weighted by Crippen LogP contribution is -2.35. The zero-order chi connectivity index (χ0) is 11.4. The number of nitrogens with zero attached hydrogens (tertiary/aromatic N) is 1. The fourth-order valence-electron chi connectivity index (χ4n) is 2.02. The second kappa shape index (κ2) is 5.44. The van der Waals surface area contributed by atoms with Gasteiger partial charge in [-0.15, -0.1) is 0 Å². The number of rotatable bonds is 2. The van der Waals surface area contributed by atoms with Gasteiger partial charge in [-0.3, -0.25) is 0 Å². The van der Waals surface area contributed by atoms with Gasteiger partial charge in [0.15, 0.2) is 0 Å². The van der Waals surface area contributed by atoms with Crippen LogP contribution in [0.1, 0.15) is 12.8 Å². The van der Waals surface area contributed by atoms with E-state index >= 15 is 0 Å². The van der Waals surface area contributed by atoms with Crippen LogP contribution in [0.25, 0.3) is 0 Å². The van der Waals surface area contributed by atoms with Crippen molar-refractivity contribution in [3.05, 3.63) is 0 Å². The van der Waals surface area contributed by atoms with Gasteiger partial charge >= 0.3 is 0 Å². The van der Waals surface area contributed by atoms with Crippen molar-refractivity contribution in [1.29, 1.82) is 0 Å². The fourth-order valence-corrected chi connectivity index (χ4v) is 3.90. The van der Waals surface area contributed by atoms with E-state index in [2.05, 4.69) is 4.36 Å². The van der Waals surface area contributed by atoms with Crippen molar-refractivity contribution in [2.45, 2.75) is 25.0 Å². The van der Waals surface area contributed by atoms with Gasteiger partial charge in [-0.2, -0.15) is 0 Å². The number of hydrogen-bond acceptors (Lipinski definition) is 5. The van der Waals surface area contributed by atoms with Gasteiger partial charge in [0.05, 0.1) is 53.2 Å². The van der Waals surface area contributed by atoms with Crippen LogP contribution in [0.3, 0.4) is 0 Å². The Hall–Kier alpha value is -0.170.